The van der Waals surface area contributed by atoms with E-state index in [1.54, 1.807) is 0 Å². The normalized spacial score (nSPS) is 26.0. The summed E-state index contributed by atoms with van der Waals surface area (Å²) in [6.45, 7) is 0.204. The quantitative estimate of drug-likeness (QED) is 0.536. The summed E-state index contributed by atoms with van der Waals surface area (Å²) in [7, 11) is -7.32. The molecule has 2 fully saturated rings. The number of hydrogen-bond donors (Lipinski definition) is 0. The maximum absolute atomic E-state index is 12.2. The molecule has 0 saturated carbocycles. The van der Waals surface area contributed by atoms with Crippen LogP contribution in [0.25, 0.3) is 0 Å². The Balaban J connectivity index is 1.59. The van der Waals surface area contributed by atoms with Gasteiger partial charge in [-0.15, -0.1) is 0 Å². The van der Waals surface area contributed by atoms with Gasteiger partial charge in [0.25, 0.3) is 0 Å². The van der Waals surface area contributed by atoms with E-state index in [9.17, 15) is 16.8 Å². The van der Waals surface area contributed by atoms with Gasteiger partial charge in [-0.3, -0.25) is 0 Å². The number of hydrogen-bond acceptors (Lipinski definition) is 8. The van der Waals surface area contributed by atoms with E-state index in [-0.39, 0.29) is 37.2 Å². The summed E-state index contributed by atoms with van der Waals surface area (Å²) < 4.78 is 70.3. The smallest absolute Gasteiger partial charge is 0.370 e. The summed E-state index contributed by atoms with van der Waals surface area (Å²) in [5, 5.41) is 0. The van der Waals surface area contributed by atoms with Gasteiger partial charge in [0.15, 0.2) is 9.84 Å². The zero-order valence-electron chi connectivity index (χ0n) is 17.4. The van der Waals surface area contributed by atoms with Crippen LogP contribution in [0, 0.1) is 5.92 Å². The molecule has 2 aliphatic heterocycles. The van der Waals surface area contributed by atoms with Crippen molar-refractivity contribution in [3.05, 3.63) is 71.8 Å². The summed E-state index contributed by atoms with van der Waals surface area (Å²) in [5.41, 5.74) is 1.80. The van der Waals surface area contributed by atoms with Crippen molar-refractivity contribution in [1.82, 2.24) is 0 Å². The molecule has 0 N–H and O–H groups in total. The third-order valence-corrected chi connectivity index (χ3v) is 8.31. The Hall–Kier alpha value is -1.82. The highest BCUT2D eigenvalue weighted by Crippen LogP contribution is 2.32. The molecule has 0 spiro atoms. The third-order valence-electron chi connectivity index (χ3n) is 5.61. The van der Waals surface area contributed by atoms with Gasteiger partial charge in [-0.1, -0.05) is 60.7 Å². The Morgan fingerprint density at radius 1 is 0.844 bits per heavy atom. The lowest BCUT2D eigenvalue weighted by molar-refractivity contribution is -0.138. The van der Waals surface area contributed by atoms with Gasteiger partial charge in [0.05, 0.1) is 37.4 Å². The van der Waals surface area contributed by atoms with Crippen LogP contribution < -0.4 is 0 Å². The highest BCUT2D eigenvalue weighted by molar-refractivity contribution is 7.91. The summed E-state index contributed by atoms with van der Waals surface area (Å²) in [6, 6.07) is 18.9. The highest BCUT2D eigenvalue weighted by Gasteiger charge is 2.46. The molecule has 8 nitrogen and oxygen atoms in total. The van der Waals surface area contributed by atoms with E-state index in [0.717, 1.165) is 11.1 Å². The lowest BCUT2D eigenvalue weighted by Gasteiger charge is -2.33. The van der Waals surface area contributed by atoms with Crippen molar-refractivity contribution >= 4 is 20.2 Å². The van der Waals surface area contributed by atoms with Crippen LogP contribution in [0.2, 0.25) is 0 Å². The average Bonchev–Trinajstić information content (AvgIpc) is 3.32. The van der Waals surface area contributed by atoms with E-state index in [1.165, 1.54) is 0 Å². The van der Waals surface area contributed by atoms with Gasteiger partial charge in [0.1, 0.15) is 12.2 Å². The van der Waals surface area contributed by atoms with Crippen molar-refractivity contribution in [1.29, 1.82) is 0 Å². The molecule has 2 aliphatic rings. The maximum Gasteiger partial charge on any atom is 0.400 e. The Labute approximate surface area is 188 Å². The molecule has 2 saturated heterocycles. The Kier molecular flexibility index (Phi) is 7.28. The maximum atomic E-state index is 12.2. The monoisotopic (exact) mass is 482 g/mol. The molecular weight excluding hydrogens is 456 g/mol. The van der Waals surface area contributed by atoms with Crippen molar-refractivity contribution in [2.45, 2.75) is 37.9 Å². The first kappa shape index (κ1) is 23.3. The van der Waals surface area contributed by atoms with E-state index < -0.39 is 38.5 Å². The SMILES string of the molecule is O=S1(=O)CC[C@H]([C@@H](OCc2ccccc2)[C@H](OCc2ccccc2)[C@H]2COS(=O)(=O)O2)C1. The number of rotatable bonds is 9. The Bertz CT molecular complexity index is 998. The van der Waals surface area contributed by atoms with Crippen molar-refractivity contribution in [2.75, 3.05) is 18.1 Å². The molecule has 0 radical (unpaired) electrons. The number of sulfone groups is 1. The molecule has 4 atom stereocenters. The first-order valence-electron chi connectivity index (χ1n) is 10.4. The zero-order chi connectivity index (χ0) is 22.6. The summed E-state index contributed by atoms with van der Waals surface area (Å²) >= 11 is 0. The van der Waals surface area contributed by atoms with Crippen molar-refractivity contribution in [3.8, 4) is 0 Å². The molecule has 0 aromatic heterocycles. The molecule has 174 valence electrons. The molecule has 10 heteroatoms. The fourth-order valence-corrected chi connectivity index (χ4v) is 6.70. The Morgan fingerprint density at radius 3 is 1.88 bits per heavy atom. The third kappa shape index (κ3) is 6.15. The second-order valence-electron chi connectivity index (χ2n) is 8.01. The summed E-state index contributed by atoms with van der Waals surface area (Å²) in [6.07, 6.45) is -2.06. The fourth-order valence-electron chi connectivity index (χ4n) is 4.04. The number of benzene rings is 2. The van der Waals surface area contributed by atoms with Crippen molar-refractivity contribution in [2.24, 2.45) is 5.92 Å². The fraction of sp³-hybridized carbons (Fsp3) is 0.455. The van der Waals surface area contributed by atoms with E-state index in [2.05, 4.69) is 0 Å². The average molecular weight is 483 g/mol. The van der Waals surface area contributed by atoms with Crippen LogP contribution in [0.4, 0.5) is 0 Å². The molecule has 2 aromatic rings. The minimum atomic E-state index is -4.12. The van der Waals surface area contributed by atoms with Gasteiger partial charge in [0, 0.05) is 5.92 Å². The van der Waals surface area contributed by atoms with Crippen molar-refractivity contribution < 1.29 is 34.7 Å². The second kappa shape index (κ2) is 9.98. The van der Waals surface area contributed by atoms with Crippen LogP contribution >= 0.6 is 0 Å². The number of ether oxygens (including phenoxy) is 2. The van der Waals surface area contributed by atoms with Crippen molar-refractivity contribution in [3.63, 3.8) is 0 Å². The van der Waals surface area contributed by atoms with Crippen LogP contribution in [0.5, 0.6) is 0 Å². The van der Waals surface area contributed by atoms with E-state index in [1.807, 2.05) is 60.7 Å². The molecule has 0 amide bonds. The first-order valence-corrected chi connectivity index (χ1v) is 13.6. The van der Waals surface area contributed by atoms with Gasteiger partial charge >= 0.3 is 10.4 Å². The predicted octanol–water partition coefficient (Wildman–Crippen LogP) is 2.25. The molecule has 0 bridgehead atoms. The highest BCUT2D eigenvalue weighted by atomic mass is 32.3. The minimum Gasteiger partial charge on any atom is -0.370 e. The molecule has 32 heavy (non-hydrogen) atoms. The minimum absolute atomic E-state index is 0.0437. The van der Waals surface area contributed by atoms with E-state index >= 15 is 0 Å². The van der Waals surface area contributed by atoms with Gasteiger partial charge in [0.2, 0.25) is 0 Å². The van der Waals surface area contributed by atoms with Gasteiger partial charge in [-0.25, -0.2) is 16.8 Å². The lowest BCUT2D eigenvalue weighted by Crippen LogP contribution is -2.46. The first-order chi connectivity index (χ1) is 15.3. The lowest BCUT2D eigenvalue weighted by atomic mass is 9.93. The standard InChI is InChI=1S/C22H26O8S2/c23-31(24)12-11-19(16-31)21(27-13-17-7-3-1-4-8-17)22(20-15-29-32(25,26)30-20)28-14-18-9-5-2-6-10-18/h1-10,19-22H,11-16H2/t19-,20+,21+,22+/m0/s1. The molecule has 4 rings (SSSR count). The van der Waals surface area contributed by atoms with Crippen LogP contribution in [0.1, 0.15) is 17.5 Å². The molecule has 2 heterocycles. The molecule has 2 aromatic carbocycles. The van der Waals surface area contributed by atoms with Gasteiger partial charge < -0.3 is 9.47 Å². The molecule has 0 aliphatic carbocycles. The summed E-state index contributed by atoms with van der Waals surface area (Å²) in [4.78, 5) is 0. The van der Waals surface area contributed by atoms with E-state index in [4.69, 9.17) is 17.8 Å². The van der Waals surface area contributed by atoms with Crippen LogP contribution in [0.3, 0.4) is 0 Å². The summed E-state index contributed by atoms with van der Waals surface area (Å²) in [5.74, 6) is -0.330. The molecule has 0 unspecified atom stereocenters. The second-order valence-corrected chi connectivity index (χ2v) is 11.5. The van der Waals surface area contributed by atoms with Gasteiger partial charge in [-0.2, -0.15) is 8.42 Å². The Morgan fingerprint density at radius 2 is 1.41 bits per heavy atom. The topological polar surface area (TPSA) is 105 Å². The zero-order valence-corrected chi connectivity index (χ0v) is 19.0. The van der Waals surface area contributed by atoms with Gasteiger partial charge in [-0.05, 0) is 17.5 Å². The van der Waals surface area contributed by atoms with Crippen LogP contribution in [-0.4, -0.2) is 53.3 Å². The van der Waals surface area contributed by atoms with Crippen LogP contribution in [0.15, 0.2) is 60.7 Å². The largest absolute Gasteiger partial charge is 0.400 e. The molecular formula is C22H26O8S2. The van der Waals surface area contributed by atoms with Crippen LogP contribution in [-0.2, 0) is 51.3 Å². The predicted molar refractivity (Wildman–Crippen MR) is 117 cm³/mol. The van der Waals surface area contributed by atoms with E-state index in [0.29, 0.717) is 6.42 Å².